The van der Waals surface area contributed by atoms with Crippen LogP contribution in [-0.2, 0) is 9.84 Å². The lowest BCUT2D eigenvalue weighted by Crippen LogP contribution is -2.34. The first kappa shape index (κ1) is 18.5. The third-order valence-corrected chi connectivity index (χ3v) is 8.14. The Labute approximate surface area is 134 Å². The van der Waals surface area contributed by atoms with Gasteiger partial charge in [0.15, 0.2) is 0 Å². The Morgan fingerprint density at radius 2 is 1.75 bits per heavy atom. The van der Waals surface area contributed by atoms with Crippen LogP contribution < -0.4 is 0 Å². The maximum Gasteiger partial charge on any atom is 0.150 e. The van der Waals surface area contributed by atoms with Crippen LogP contribution in [0.15, 0.2) is 0 Å². The first-order valence-electron chi connectivity index (χ1n) is 7.90. The fraction of sp³-hybridized carbons (Fsp3) is 1.00. The predicted molar refractivity (Wildman–Crippen MR) is 91.2 cm³/mol. The van der Waals surface area contributed by atoms with E-state index >= 15 is 0 Å². The van der Waals surface area contributed by atoms with Crippen LogP contribution in [0, 0.1) is 16.7 Å². The predicted octanol–water partition coefficient (Wildman–Crippen LogP) is 4.82. The molecule has 0 amide bonds. The molecular formula is C16H31BrO2S. The molecule has 0 spiro atoms. The second-order valence-corrected chi connectivity index (χ2v) is 10.6. The lowest BCUT2D eigenvalue weighted by molar-refractivity contribution is 0.0970. The topological polar surface area (TPSA) is 34.1 Å². The summed E-state index contributed by atoms with van der Waals surface area (Å²) in [5, 5.41) is 1.02. The molecule has 1 aliphatic carbocycles. The Morgan fingerprint density at radius 1 is 1.20 bits per heavy atom. The van der Waals surface area contributed by atoms with Crippen LogP contribution in [0.25, 0.3) is 0 Å². The zero-order valence-electron chi connectivity index (χ0n) is 13.5. The molecule has 0 aromatic carbocycles. The van der Waals surface area contributed by atoms with Crippen LogP contribution in [0.2, 0.25) is 0 Å². The first-order chi connectivity index (χ1) is 9.14. The number of hydrogen-bond acceptors (Lipinski definition) is 2. The molecule has 0 heterocycles. The summed E-state index contributed by atoms with van der Waals surface area (Å²) < 4.78 is 23.2. The maximum absolute atomic E-state index is 11.6. The van der Waals surface area contributed by atoms with Gasteiger partial charge in [0.25, 0.3) is 0 Å². The summed E-state index contributed by atoms with van der Waals surface area (Å²) in [5.74, 6) is 1.45. The van der Waals surface area contributed by atoms with Crippen molar-refractivity contribution in [3.05, 3.63) is 0 Å². The van der Waals surface area contributed by atoms with Gasteiger partial charge in [-0.3, -0.25) is 0 Å². The molecule has 0 radical (unpaired) electrons. The zero-order chi connectivity index (χ0) is 15.4. The maximum atomic E-state index is 11.6. The molecule has 0 bridgehead atoms. The van der Waals surface area contributed by atoms with Gasteiger partial charge in [0, 0.05) is 11.1 Å². The van der Waals surface area contributed by atoms with Gasteiger partial charge in [0.1, 0.15) is 9.84 Å². The van der Waals surface area contributed by atoms with E-state index in [1.54, 1.807) is 6.92 Å². The summed E-state index contributed by atoms with van der Waals surface area (Å²) in [7, 11) is -2.80. The van der Waals surface area contributed by atoms with E-state index in [2.05, 4.69) is 36.7 Å². The molecule has 120 valence electrons. The number of halogens is 1. The number of rotatable bonds is 6. The van der Waals surface area contributed by atoms with Gasteiger partial charge in [-0.05, 0) is 55.3 Å². The number of alkyl halides is 1. The molecule has 0 aliphatic heterocycles. The highest BCUT2D eigenvalue weighted by Gasteiger charge is 2.37. The van der Waals surface area contributed by atoms with E-state index in [1.165, 1.54) is 25.7 Å². The Kier molecular flexibility index (Phi) is 6.59. The smallest absolute Gasteiger partial charge is 0.150 e. The Morgan fingerprint density at radius 3 is 2.15 bits per heavy atom. The quantitative estimate of drug-likeness (QED) is 0.631. The fourth-order valence-electron chi connectivity index (χ4n) is 3.36. The van der Waals surface area contributed by atoms with E-state index in [0.717, 1.165) is 24.1 Å². The first-order valence-corrected chi connectivity index (χ1v) is 10.8. The van der Waals surface area contributed by atoms with Crippen LogP contribution in [0.3, 0.4) is 0 Å². The normalized spacial score (nSPS) is 28.6. The molecule has 0 unspecified atom stereocenters. The van der Waals surface area contributed by atoms with Crippen molar-refractivity contribution in [2.45, 2.75) is 66.2 Å². The van der Waals surface area contributed by atoms with Gasteiger partial charge in [0.05, 0.1) is 5.75 Å². The van der Waals surface area contributed by atoms with Crippen molar-refractivity contribution < 1.29 is 8.42 Å². The molecule has 0 N–H and O–H groups in total. The molecule has 1 aliphatic rings. The van der Waals surface area contributed by atoms with Crippen LogP contribution in [-0.4, -0.2) is 25.3 Å². The van der Waals surface area contributed by atoms with Gasteiger partial charge < -0.3 is 0 Å². The summed E-state index contributed by atoms with van der Waals surface area (Å²) in [6.45, 7) is 8.76. The SMILES string of the molecule is CCS(=O)(=O)CCCC1(CBr)CCC(C(C)(C)C)CC1. The number of hydrogen-bond donors (Lipinski definition) is 0. The molecular weight excluding hydrogens is 336 g/mol. The summed E-state index contributed by atoms with van der Waals surface area (Å²) in [6, 6.07) is 0. The summed E-state index contributed by atoms with van der Waals surface area (Å²) in [5.41, 5.74) is 0.745. The lowest BCUT2D eigenvalue weighted by atomic mass is 9.63. The average Bonchev–Trinajstić information content (AvgIpc) is 2.38. The second-order valence-electron chi connectivity index (χ2n) is 7.61. The molecule has 0 aromatic heterocycles. The fourth-order valence-corrected chi connectivity index (χ4v) is 5.07. The highest BCUT2D eigenvalue weighted by atomic mass is 79.9. The summed E-state index contributed by atoms with van der Waals surface area (Å²) >= 11 is 3.69. The van der Waals surface area contributed by atoms with Crippen molar-refractivity contribution in [1.29, 1.82) is 0 Å². The Bertz CT molecular complexity index is 387. The highest BCUT2D eigenvalue weighted by Crippen LogP contribution is 2.48. The minimum absolute atomic E-state index is 0.278. The van der Waals surface area contributed by atoms with E-state index in [-0.39, 0.29) is 5.75 Å². The third kappa shape index (κ3) is 5.32. The van der Waals surface area contributed by atoms with E-state index in [0.29, 0.717) is 16.6 Å². The summed E-state index contributed by atoms with van der Waals surface area (Å²) in [6.07, 6.45) is 6.93. The van der Waals surface area contributed by atoms with Crippen LogP contribution in [0.1, 0.15) is 66.2 Å². The lowest BCUT2D eigenvalue weighted by Gasteiger charge is -2.43. The molecule has 1 rings (SSSR count). The van der Waals surface area contributed by atoms with Gasteiger partial charge >= 0.3 is 0 Å². The average molecular weight is 367 g/mol. The van der Waals surface area contributed by atoms with Crippen LogP contribution in [0.5, 0.6) is 0 Å². The molecule has 0 aromatic rings. The summed E-state index contributed by atoms with van der Waals surface area (Å²) in [4.78, 5) is 0. The van der Waals surface area contributed by atoms with Crippen molar-refractivity contribution in [2.24, 2.45) is 16.7 Å². The van der Waals surface area contributed by atoms with Crippen molar-refractivity contribution >= 4 is 25.8 Å². The van der Waals surface area contributed by atoms with E-state index in [1.807, 2.05) is 0 Å². The van der Waals surface area contributed by atoms with Crippen molar-refractivity contribution in [2.75, 3.05) is 16.8 Å². The second kappa shape index (κ2) is 7.13. The van der Waals surface area contributed by atoms with Gasteiger partial charge in [-0.1, -0.05) is 43.6 Å². The minimum Gasteiger partial charge on any atom is -0.229 e. The molecule has 20 heavy (non-hydrogen) atoms. The Hall–Kier alpha value is 0.430. The van der Waals surface area contributed by atoms with Gasteiger partial charge in [-0.15, -0.1) is 0 Å². The minimum atomic E-state index is -2.80. The van der Waals surface area contributed by atoms with E-state index < -0.39 is 9.84 Å². The Balaban J connectivity index is 2.51. The molecule has 4 heteroatoms. The van der Waals surface area contributed by atoms with Gasteiger partial charge in [-0.2, -0.15) is 0 Å². The monoisotopic (exact) mass is 366 g/mol. The van der Waals surface area contributed by atoms with Crippen molar-refractivity contribution in [3.63, 3.8) is 0 Å². The van der Waals surface area contributed by atoms with Crippen LogP contribution >= 0.6 is 15.9 Å². The van der Waals surface area contributed by atoms with Crippen molar-refractivity contribution in [1.82, 2.24) is 0 Å². The molecule has 2 nitrogen and oxygen atoms in total. The number of sulfone groups is 1. The van der Waals surface area contributed by atoms with Gasteiger partial charge in [0.2, 0.25) is 0 Å². The molecule has 1 fully saturated rings. The molecule has 1 saturated carbocycles. The van der Waals surface area contributed by atoms with E-state index in [4.69, 9.17) is 0 Å². The van der Waals surface area contributed by atoms with Crippen molar-refractivity contribution in [3.8, 4) is 0 Å². The molecule has 0 saturated heterocycles. The zero-order valence-corrected chi connectivity index (χ0v) is 15.9. The third-order valence-electron chi connectivity index (χ3n) is 5.16. The van der Waals surface area contributed by atoms with Gasteiger partial charge in [-0.25, -0.2) is 8.42 Å². The standard InChI is InChI=1S/C16H31BrO2S/c1-5-20(18,19)12-6-9-16(13-17)10-7-14(8-11-16)15(2,3)4/h14H,5-13H2,1-4H3. The largest absolute Gasteiger partial charge is 0.229 e. The van der Waals surface area contributed by atoms with Crippen LogP contribution in [0.4, 0.5) is 0 Å². The highest BCUT2D eigenvalue weighted by molar-refractivity contribution is 9.09. The van der Waals surface area contributed by atoms with E-state index in [9.17, 15) is 8.42 Å². The molecule has 0 atom stereocenters.